The van der Waals surface area contributed by atoms with E-state index < -0.39 is 0 Å². The van der Waals surface area contributed by atoms with Crippen molar-refractivity contribution in [3.05, 3.63) is 12.3 Å². The smallest absolute Gasteiger partial charge is 0.0881 e. The van der Waals surface area contributed by atoms with Crippen molar-refractivity contribution in [1.29, 1.82) is 0 Å². The molecule has 0 spiro atoms. The van der Waals surface area contributed by atoms with Crippen molar-refractivity contribution >= 4 is 0 Å². The van der Waals surface area contributed by atoms with Gasteiger partial charge >= 0.3 is 0 Å². The monoisotopic (exact) mass is 183 g/mol. The molecule has 0 aromatic heterocycles. The molecule has 2 N–H and O–H groups in total. The van der Waals surface area contributed by atoms with Crippen molar-refractivity contribution < 1.29 is 5.11 Å². The molecule has 1 aliphatic rings. The second-order valence-electron chi connectivity index (χ2n) is 4.36. The molecule has 0 aromatic rings. The maximum absolute atomic E-state index is 9.23. The summed E-state index contributed by atoms with van der Waals surface area (Å²) in [6.07, 6.45) is 4.50. The van der Waals surface area contributed by atoms with Gasteiger partial charge < -0.3 is 10.4 Å². The molecule has 0 heterocycles. The Balaban J connectivity index is 2.26. The van der Waals surface area contributed by atoms with Gasteiger partial charge in [-0.15, -0.1) is 0 Å². The summed E-state index contributed by atoms with van der Waals surface area (Å²) in [7, 11) is 0. The quantitative estimate of drug-likeness (QED) is 0.659. The molecule has 0 radical (unpaired) electrons. The van der Waals surface area contributed by atoms with Crippen molar-refractivity contribution in [2.45, 2.75) is 51.6 Å². The average molecular weight is 183 g/mol. The highest BCUT2D eigenvalue weighted by atomic mass is 16.3. The second kappa shape index (κ2) is 4.66. The number of aliphatic hydroxyl groups is 1. The number of allylic oxidation sites excluding steroid dienone is 1. The van der Waals surface area contributed by atoms with Gasteiger partial charge in [-0.1, -0.05) is 20.4 Å². The first kappa shape index (κ1) is 10.6. The van der Waals surface area contributed by atoms with Crippen LogP contribution in [0.25, 0.3) is 0 Å². The molecule has 13 heavy (non-hydrogen) atoms. The Morgan fingerprint density at radius 3 is 2.23 bits per heavy atom. The van der Waals surface area contributed by atoms with Gasteiger partial charge in [0.1, 0.15) is 0 Å². The summed E-state index contributed by atoms with van der Waals surface area (Å²) >= 11 is 0. The zero-order chi connectivity index (χ0) is 9.84. The van der Waals surface area contributed by atoms with Crippen molar-refractivity contribution in [3.8, 4) is 0 Å². The summed E-state index contributed by atoms with van der Waals surface area (Å²) < 4.78 is 0. The number of aliphatic hydroxyl groups excluding tert-OH is 1. The summed E-state index contributed by atoms with van der Waals surface area (Å²) in [6, 6.07) is 1.22. The fourth-order valence-corrected chi connectivity index (χ4v) is 2.06. The van der Waals surface area contributed by atoms with Crippen LogP contribution < -0.4 is 5.32 Å². The van der Waals surface area contributed by atoms with Crippen molar-refractivity contribution in [2.24, 2.45) is 5.92 Å². The normalized spacial score (nSPS) is 29.2. The molecule has 1 saturated carbocycles. The van der Waals surface area contributed by atoms with Crippen LogP contribution in [-0.2, 0) is 0 Å². The Morgan fingerprint density at radius 1 is 1.31 bits per heavy atom. The molecular formula is C11H21NO. The third-order valence-corrected chi connectivity index (χ3v) is 2.77. The largest absolute Gasteiger partial charge is 0.513 e. The fraction of sp³-hybridized carbons (Fsp3) is 0.818. The zero-order valence-corrected chi connectivity index (χ0v) is 8.71. The minimum atomic E-state index is 0.352. The molecule has 0 saturated heterocycles. The Labute approximate surface area is 81.0 Å². The molecule has 0 unspecified atom stereocenters. The summed E-state index contributed by atoms with van der Waals surface area (Å²) in [6.45, 7) is 7.96. The number of rotatable bonds is 3. The SMILES string of the molecule is C=C(O)C1CCC(NC(C)C)CC1. The molecule has 1 fully saturated rings. The van der Waals surface area contributed by atoms with Crippen molar-refractivity contribution in [2.75, 3.05) is 0 Å². The molecular weight excluding hydrogens is 162 g/mol. The molecule has 0 bridgehead atoms. The Morgan fingerprint density at radius 2 is 1.85 bits per heavy atom. The van der Waals surface area contributed by atoms with E-state index in [1.54, 1.807) is 0 Å². The van der Waals surface area contributed by atoms with E-state index in [4.69, 9.17) is 0 Å². The van der Waals surface area contributed by atoms with Gasteiger partial charge in [-0.2, -0.15) is 0 Å². The van der Waals surface area contributed by atoms with Crippen LogP contribution in [0.5, 0.6) is 0 Å². The van der Waals surface area contributed by atoms with Gasteiger partial charge in [0, 0.05) is 18.0 Å². The van der Waals surface area contributed by atoms with E-state index in [0.717, 1.165) is 12.8 Å². The maximum Gasteiger partial charge on any atom is 0.0881 e. The maximum atomic E-state index is 9.23. The van der Waals surface area contributed by atoms with E-state index in [9.17, 15) is 5.11 Å². The van der Waals surface area contributed by atoms with Crippen LogP contribution in [0, 0.1) is 5.92 Å². The van der Waals surface area contributed by atoms with Gasteiger partial charge in [0.2, 0.25) is 0 Å². The number of nitrogens with one attached hydrogen (secondary N) is 1. The second-order valence-corrected chi connectivity index (χ2v) is 4.36. The molecule has 0 aromatic carbocycles. The predicted molar refractivity (Wildman–Crippen MR) is 55.8 cm³/mol. The Bertz CT molecular complexity index is 169. The van der Waals surface area contributed by atoms with Crippen LogP contribution >= 0.6 is 0 Å². The first-order valence-electron chi connectivity index (χ1n) is 5.23. The zero-order valence-electron chi connectivity index (χ0n) is 8.71. The summed E-state index contributed by atoms with van der Waals surface area (Å²) in [5.74, 6) is 0.730. The molecule has 1 rings (SSSR count). The van der Waals surface area contributed by atoms with Gasteiger partial charge in [0.25, 0.3) is 0 Å². The lowest BCUT2D eigenvalue weighted by Crippen LogP contribution is -2.37. The van der Waals surface area contributed by atoms with E-state index in [1.807, 2.05) is 0 Å². The minimum Gasteiger partial charge on any atom is -0.513 e. The Kier molecular flexibility index (Phi) is 3.79. The highest BCUT2D eigenvalue weighted by molar-refractivity contribution is 4.93. The fourth-order valence-electron chi connectivity index (χ4n) is 2.06. The third-order valence-electron chi connectivity index (χ3n) is 2.77. The topological polar surface area (TPSA) is 32.3 Å². The van der Waals surface area contributed by atoms with Gasteiger partial charge in [-0.3, -0.25) is 0 Å². The van der Waals surface area contributed by atoms with Crippen LogP contribution in [0.15, 0.2) is 12.3 Å². The van der Waals surface area contributed by atoms with E-state index in [1.165, 1.54) is 12.8 Å². The summed E-state index contributed by atoms with van der Waals surface area (Å²) in [5, 5.41) is 12.8. The highest BCUT2D eigenvalue weighted by Gasteiger charge is 2.22. The first-order valence-corrected chi connectivity index (χ1v) is 5.23. The molecule has 2 heteroatoms. The lowest BCUT2D eigenvalue weighted by Gasteiger charge is -2.29. The standard InChI is InChI=1S/C11H21NO/c1-8(2)12-11-6-4-10(5-7-11)9(3)13/h8,10-13H,3-7H2,1-2H3. The van der Waals surface area contributed by atoms with Crippen molar-refractivity contribution in [3.63, 3.8) is 0 Å². The van der Waals surface area contributed by atoms with Crippen LogP contribution in [0.4, 0.5) is 0 Å². The van der Waals surface area contributed by atoms with Crippen LogP contribution in [-0.4, -0.2) is 17.2 Å². The summed E-state index contributed by atoms with van der Waals surface area (Å²) in [4.78, 5) is 0. The Hall–Kier alpha value is -0.500. The molecule has 0 amide bonds. The van der Waals surface area contributed by atoms with E-state index in [2.05, 4.69) is 25.7 Å². The first-order chi connectivity index (χ1) is 6.09. The van der Waals surface area contributed by atoms with E-state index in [-0.39, 0.29) is 0 Å². The third kappa shape index (κ3) is 3.39. The predicted octanol–water partition coefficient (Wildman–Crippen LogP) is 2.61. The number of hydrogen-bond donors (Lipinski definition) is 2. The van der Waals surface area contributed by atoms with Gasteiger partial charge in [-0.05, 0) is 25.7 Å². The molecule has 1 aliphatic carbocycles. The molecule has 0 atom stereocenters. The summed E-state index contributed by atoms with van der Waals surface area (Å²) in [5.41, 5.74) is 0. The minimum absolute atomic E-state index is 0.352. The average Bonchev–Trinajstić information content (AvgIpc) is 2.04. The van der Waals surface area contributed by atoms with Crippen molar-refractivity contribution in [1.82, 2.24) is 5.32 Å². The van der Waals surface area contributed by atoms with Gasteiger partial charge in [0.15, 0.2) is 0 Å². The number of hydrogen-bond acceptors (Lipinski definition) is 2. The van der Waals surface area contributed by atoms with Crippen LogP contribution in [0.1, 0.15) is 39.5 Å². The lowest BCUT2D eigenvalue weighted by molar-refractivity contribution is 0.243. The van der Waals surface area contributed by atoms with Crippen LogP contribution in [0.3, 0.4) is 0 Å². The van der Waals surface area contributed by atoms with Gasteiger partial charge in [0.05, 0.1) is 5.76 Å². The molecule has 76 valence electrons. The van der Waals surface area contributed by atoms with E-state index >= 15 is 0 Å². The van der Waals surface area contributed by atoms with Crippen LogP contribution in [0.2, 0.25) is 0 Å². The van der Waals surface area contributed by atoms with Gasteiger partial charge in [-0.25, -0.2) is 0 Å². The molecule has 2 nitrogen and oxygen atoms in total. The highest BCUT2D eigenvalue weighted by Crippen LogP contribution is 2.28. The molecule has 0 aliphatic heterocycles. The lowest BCUT2D eigenvalue weighted by atomic mass is 9.85. The van der Waals surface area contributed by atoms with E-state index in [0.29, 0.717) is 23.8 Å².